The molecule has 0 radical (unpaired) electrons. The van der Waals surface area contributed by atoms with Crippen molar-refractivity contribution in [3.05, 3.63) is 133 Å². The third-order valence-electron chi connectivity index (χ3n) is 8.47. The highest BCUT2D eigenvalue weighted by Crippen LogP contribution is 2.53. The van der Waals surface area contributed by atoms with Crippen LogP contribution < -0.4 is 0 Å². The third-order valence-corrected chi connectivity index (χ3v) is 8.47. The minimum atomic E-state index is -0.112. The molecule has 0 saturated heterocycles. The number of para-hydroxylation sites is 1. The van der Waals surface area contributed by atoms with E-state index in [-0.39, 0.29) is 5.41 Å². The smallest absolute Gasteiger partial charge is 0.0588 e. The van der Waals surface area contributed by atoms with Crippen LogP contribution >= 0.6 is 0 Å². The fourth-order valence-corrected chi connectivity index (χ4v) is 6.80. The normalized spacial score (nSPS) is 13.7. The standard InChI is InChI=1S/C36H26N2/c1-36(2)31-14-8-6-12-25(31)28-16-17-29-26-13-7-9-15-32(26)38(35(29)34(28)36)33-19-18-24(23-10-4-3-5-11-23)30-22-37-21-20-27(30)33/h3-22H,1-2H3. The van der Waals surface area contributed by atoms with Crippen LogP contribution in [0.4, 0.5) is 0 Å². The fraction of sp³-hybridized carbons (Fsp3) is 0.0833. The highest BCUT2D eigenvalue weighted by molar-refractivity contribution is 6.14. The Morgan fingerprint density at radius 1 is 0.579 bits per heavy atom. The predicted octanol–water partition coefficient (Wildman–Crippen LogP) is 9.31. The molecule has 0 unspecified atom stereocenters. The summed E-state index contributed by atoms with van der Waals surface area (Å²) < 4.78 is 2.51. The van der Waals surface area contributed by atoms with Crippen molar-refractivity contribution < 1.29 is 0 Å². The Morgan fingerprint density at radius 3 is 2.24 bits per heavy atom. The molecule has 1 aliphatic rings. The molecule has 8 rings (SSSR count). The first-order valence-electron chi connectivity index (χ1n) is 13.2. The number of benzene rings is 5. The molecule has 0 bridgehead atoms. The first-order valence-corrected chi connectivity index (χ1v) is 13.2. The van der Waals surface area contributed by atoms with Crippen LogP contribution in [0.15, 0.2) is 122 Å². The number of hydrogen-bond donors (Lipinski definition) is 0. The fourth-order valence-electron chi connectivity index (χ4n) is 6.80. The van der Waals surface area contributed by atoms with Gasteiger partial charge in [-0.2, -0.15) is 0 Å². The molecule has 0 fully saturated rings. The molecular formula is C36H26N2. The molecule has 5 aromatic carbocycles. The predicted molar refractivity (Wildman–Crippen MR) is 159 cm³/mol. The van der Waals surface area contributed by atoms with E-state index in [1.54, 1.807) is 0 Å². The van der Waals surface area contributed by atoms with Gasteiger partial charge in [0.1, 0.15) is 0 Å². The summed E-state index contributed by atoms with van der Waals surface area (Å²) in [4.78, 5) is 4.54. The maximum absolute atomic E-state index is 4.54. The summed E-state index contributed by atoms with van der Waals surface area (Å²) in [5.41, 5.74) is 11.5. The Hall–Kier alpha value is -4.69. The van der Waals surface area contributed by atoms with Crippen LogP contribution in [0.5, 0.6) is 0 Å². The van der Waals surface area contributed by atoms with Gasteiger partial charge in [-0.3, -0.25) is 4.98 Å². The van der Waals surface area contributed by atoms with Gasteiger partial charge in [0.05, 0.1) is 16.7 Å². The average molecular weight is 487 g/mol. The lowest BCUT2D eigenvalue weighted by Crippen LogP contribution is -2.16. The Bertz CT molecular complexity index is 2040. The van der Waals surface area contributed by atoms with Crippen molar-refractivity contribution in [2.45, 2.75) is 19.3 Å². The van der Waals surface area contributed by atoms with Gasteiger partial charge in [-0.1, -0.05) is 105 Å². The zero-order valence-electron chi connectivity index (χ0n) is 21.4. The van der Waals surface area contributed by atoms with Crippen LogP contribution in [0.3, 0.4) is 0 Å². The third kappa shape index (κ3) is 2.75. The molecule has 2 heteroatoms. The van der Waals surface area contributed by atoms with Gasteiger partial charge < -0.3 is 4.57 Å². The summed E-state index contributed by atoms with van der Waals surface area (Å²) in [5.74, 6) is 0. The van der Waals surface area contributed by atoms with Crippen LogP contribution in [-0.2, 0) is 5.41 Å². The van der Waals surface area contributed by atoms with Gasteiger partial charge in [-0.25, -0.2) is 0 Å². The van der Waals surface area contributed by atoms with Crippen molar-refractivity contribution >= 4 is 32.6 Å². The van der Waals surface area contributed by atoms with E-state index in [0.717, 1.165) is 5.39 Å². The van der Waals surface area contributed by atoms with Crippen molar-refractivity contribution in [2.24, 2.45) is 0 Å². The zero-order chi connectivity index (χ0) is 25.4. The van der Waals surface area contributed by atoms with E-state index in [4.69, 9.17) is 0 Å². The zero-order valence-corrected chi connectivity index (χ0v) is 21.4. The van der Waals surface area contributed by atoms with Gasteiger partial charge in [0.25, 0.3) is 0 Å². The van der Waals surface area contributed by atoms with Crippen molar-refractivity contribution in [1.82, 2.24) is 9.55 Å². The molecule has 1 aliphatic carbocycles. The molecule has 2 aromatic heterocycles. The van der Waals surface area contributed by atoms with Crippen LogP contribution in [0.25, 0.3) is 60.5 Å². The Balaban J connectivity index is 1.54. The minimum Gasteiger partial charge on any atom is -0.308 e. The molecule has 180 valence electrons. The molecule has 0 N–H and O–H groups in total. The molecular weight excluding hydrogens is 460 g/mol. The lowest BCUT2D eigenvalue weighted by atomic mass is 9.81. The van der Waals surface area contributed by atoms with Crippen LogP contribution in [0.2, 0.25) is 0 Å². The first kappa shape index (κ1) is 21.4. The van der Waals surface area contributed by atoms with E-state index in [1.807, 2.05) is 12.4 Å². The summed E-state index contributed by atoms with van der Waals surface area (Å²) in [7, 11) is 0. The first-order chi connectivity index (χ1) is 18.6. The van der Waals surface area contributed by atoms with Crippen molar-refractivity contribution in [3.63, 3.8) is 0 Å². The van der Waals surface area contributed by atoms with Gasteiger partial charge in [0, 0.05) is 39.4 Å². The second-order valence-corrected chi connectivity index (χ2v) is 10.8. The summed E-state index contributed by atoms with van der Waals surface area (Å²) in [6.07, 6.45) is 3.93. The molecule has 0 aliphatic heterocycles. The molecule has 0 amide bonds. The largest absolute Gasteiger partial charge is 0.308 e. The topological polar surface area (TPSA) is 17.8 Å². The number of pyridine rings is 1. The molecule has 2 heterocycles. The summed E-state index contributed by atoms with van der Waals surface area (Å²) in [6, 6.07) is 39.7. The molecule has 2 nitrogen and oxygen atoms in total. The molecule has 7 aromatic rings. The number of fused-ring (bicyclic) bond motifs is 8. The SMILES string of the molecule is CC1(C)c2ccccc2-c2ccc3c4ccccc4n(-c4ccc(-c5ccccc5)c5cnccc45)c3c21. The quantitative estimate of drug-likeness (QED) is 0.238. The Kier molecular flexibility index (Phi) is 4.31. The maximum atomic E-state index is 4.54. The van der Waals surface area contributed by atoms with Crippen molar-refractivity contribution in [2.75, 3.05) is 0 Å². The molecule has 0 spiro atoms. The summed E-state index contributed by atoms with van der Waals surface area (Å²) >= 11 is 0. The summed E-state index contributed by atoms with van der Waals surface area (Å²) in [5, 5.41) is 4.95. The van der Waals surface area contributed by atoms with Gasteiger partial charge in [-0.05, 0) is 51.6 Å². The molecule has 0 atom stereocenters. The molecule has 0 saturated carbocycles. The average Bonchev–Trinajstić information content (AvgIpc) is 3.42. The number of nitrogens with zero attached hydrogens (tertiary/aromatic N) is 2. The van der Waals surface area contributed by atoms with Crippen molar-refractivity contribution in [1.29, 1.82) is 0 Å². The van der Waals surface area contributed by atoms with Gasteiger partial charge >= 0.3 is 0 Å². The van der Waals surface area contributed by atoms with Crippen LogP contribution in [-0.4, -0.2) is 9.55 Å². The lowest BCUT2D eigenvalue weighted by molar-refractivity contribution is 0.664. The van der Waals surface area contributed by atoms with Gasteiger partial charge in [0.15, 0.2) is 0 Å². The van der Waals surface area contributed by atoms with E-state index < -0.39 is 0 Å². The monoisotopic (exact) mass is 486 g/mol. The van der Waals surface area contributed by atoms with Gasteiger partial charge in [-0.15, -0.1) is 0 Å². The Morgan fingerprint density at radius 2 is 1.34 bits per heavy atom. The minimum absolute atomic E-state index is 0.112. The summed E-state index contributed by atoms with van der Waals surface area (Å²) in [6.45, 7) is 4.75. The number of rotatable bonds is 2. The van der Waals surface area contributed by atoms with E-state index in [9.17, 15) is 0 Å². The van der Waals surface area contributed by atoms with Crippen molar-refractivity contribution in [3.8, 4) is 27.9 Å². The van der Waals surface area contributed by atoms with Gasteiger partial charge in [0.2, 0.25) is 0 Å². The maximum Gasteiger partial charge on any atom is 0.0588 e. The van der Waals surface area contributed by atoms with E-state index >= 15 is 0 Å². The Labute approximate surface area is 221 Å². The lowest BCUT2D eigenvalue weighted by Gasteiger charge is -2.24. The van der Waals surface area contributed by atoms with E-state index in [1.165, 1.54) is 66.3 Å². The second-order valence-electron chi connectivity index (χ2n) is 10.8. The number of aromatic nitrogens is 2. The highest BCUT2D eigenvalue weighted by atomic mass is 15.0. The van der Waals surface area contributed by atoms with Crippen LogP contribution in [0, 0.1) is 0 Å². The second kappa shape index (κ2) is 7.66. The van der Waals surface area contributed by atoms with Crippen LogP contribution in [0.1, 0.15) is 25.0 Å². The molecule has 38 heavy (non-hydrogen) atoms. The number of hydrogen-bond acceptors (Lipinski definition) is 1. The highest BCUT2D eigenvalue weighted by Gasteiger charge is 2.38. The van der Waals surface area contributed by atoms with E-state index in [2.05, 4.69) is 133 Å². The van der Waals surface area contributed by atoms with E-state index in [0.29, 0.717) is 0 Å².